The van der Waals surface area contributed by atoms with Gasteiger partial charge in [-0.15, -0.1) is 0 Å². The number of benzene rings is 2. The monoisotopic (exact) mass is 360 g/mol. The Balaban J connectivity index is 1.69. The van der Waals surface area contributed by atoms with E-state index in [1.807, 2.05) is 62.4 Å². The molecule has 0 fully saturated rings. The molecule has 1 atom stereocenters. The molecule has 136 valence electrons. The molecule has 0 bridgehead atoms. The van der Waals surface area contributed by atoms with Crippen LogP contribution in [0.5, 0.6) is 0 Å². The number of nitrogens with zero attached hydrogens (tertiary/aromatic N) is 4. The molecule has 2 aromatic carbocycles. The van der Waals surface area contributed by atoms with Crippen LogP contribution in [0.2, 0.25) is 0 Å². The highest BCUT2D eigenvalue weighted by Crippen LogP contribution is 2.24. The maximum absolute atomic E-state index is 12.9. The SMILES string of the molecule is Cc1nc2cc(C(=O)N(C)[C@H](C)c3ccon3)ccc2n1-c1ccccc1. The molecule has 2 heterocycles. The molecular weight excluding hydrogens is 340 g/mol. The zero-order valence-electron chi connectivity index (χ0n) is 15.5. The second-order valence-electron chi connectivity index (χ2n) is 6.55. The van der Waals surface area contributed by atoms with Crippen LogP contribution in [-0.2, 0) is 0 Å². The summed E-state index contributed by atoms with van der Waals surface area (Å²) in [5, 5.41) is 3.93. The fourth-order valence-corrected chi connectivity index (χ4v) is 3.25. The van der Waals surface area contributed by atoms with Crippen molar-refractivity contribution in [3.05, 3.63) is 77.9 Å². The highest BCUT2D eigenvalue weighted by Gasteiger charge is 2.22. The van der Waals surface area contributed by atoms with Crippen molar-refractivity contribution < 1.29 is 9.32 Å². The molecule has 0 aliphatic rings. The van der Waals surface area contributed by atoms with Crippen molar-refractivity contribution in [3.8, 4) is 5.69 Å². The normalized spacial score (nSPS) is 12.3. The van der Waals surface area contributed by atoms with Gasteiger partial charge in [-0.25, -0.2) is 4.98 Å². The standard InChI is InChI=1S/C21H20N4O2/c1-14(18-11-12-27-23-18)24(3)21(26)16-9-10-20-19(13-16)22-15(2)25(20)17-7-5-4-6-8-17/h4-14H,1-3H3/t14-/m1/s1. The van der Waals surface area contributed by atoms with E-state index in [-0.39, 0.29) is 11.9 Å². The molecule has 27 heavy (non-hydrogen) atoms. The Hall–Kier alpha value is -3.41. The van der Waals surface area contributed by atoms with Crippen LogP contribution >= 0.6 is 0 Å². The van der Waals surface area contributed by atoms with Crippen LogP contribution in [0.15, 0.2) is 65.4 Å². The van der Waals surface area contributed by atoms with Crippen LogP contribution in [0.4, 0.5) is 0 Å². The molecule has 0 saturated heterocycles. The summed E-state index contributed by atoms with van der Waals surface area (Å²) in [4.78, 5) is 19.2. The van der Waals surface area contributed by atoms with Crippen LogP contribution in [0, 0.1) is 6.92 Å². The average Bonchev–Trinajstić information content (AvgIpc) is 3.33. The van der Waals surface area contributed by atoms with Gasteiger partial charge in [0.15, 0.2) is 0 Å². The van der Waals surface area contributed by atoms with Gasteiger partial charge in [-0.05, 0) is 44.2 Å². The van der Waals surface area contributed by atoms with Crippen molar-refractivity contribution in [2.24, 2.45) is 0 Å². The van der Waals surface area contributed by atoms with E-state index in [4.69, 9.17) is 4.52 Å². The van der Waals surface area contributed by atoms with Crippen LogP contribution in [0.25, 0.3) is 16.7 Å². The van der Waals surface area contributed by atoms with E-state index in [9.17, 15) is 4.79 Å². The third-order valence-electron chi connectivity index (χ3n) is 4.87. The van der Waals surface area contributed by atoms with Gasteiger partial charge in [-0.3, -0.25) is 9.36 Å². The van der Waals surface area contributed by atoms with Crippen molar-refractivity contribution in [3.63, 3.8) is 0 Å². The molecule has 6 heteroatoms. The van der Waals surface area contributed by atoms with E-state index >= 15 is 0 Å². The highest BCUT2D eigenvalue weighted by molar-refractivity contribution is 5.97. The molecule has 0 spiro atoms. The van der Waals surface area contributed by atoms with Gasteiger partial charge in [0.05, 0.1) is 17.1 Å². The molecule has 0 radical (unpaired) electrons. The van der Waals surface area contributed by atoms with Gasteiger partial charge in [0.25, 0.3) is 5.91 Å². The van der Waals surface area contributed by atoms with Crippen molar-refractivity contribution >= 4 is 16.9 Å². The topological polar surface area (TPSA) is 64.2 Å². The Morgan fingerprint density at radius 3 is 2.63 bits per heavy atom. The molecule has 0 unspecified atom stereocenters. The van der Waals surface area contributed by atoms with Gasteiger partial charge < -0.3 is 9.42 Å². The van der Waals surface area contributed by atoms with Gasteiger partial charge in [0, 0.05) is 24.4 Å². The number of rotatable bonds is 4. The van der Waals surface area contributed by atoms with Crippen LogP contribution in [0.3, 0.4) is 0 Å². The lowest BCUT2D eigenvalue weighted by atomic mass is 10.1. The Morgan fingerprint density at radius 2 is 1.93 bits per heavy atom. The van der Waals surface area contributed by atoms with Crippen molar-refractivity contribution in [2.75, 3.05) is 7.05 Å². The maximum Gasteiger partial charge on any atom is 0.254 e. The molecule has 2 aromatic heterocycles. The van der Waals surface area contributed by atoms with Gasteiger partial charge in [-0.1, -0.05) is 23.4 Å². The second-order valence-corrected chi connectivity index (χ2v) is 6.55. The van der Waals surface area contributed by atoms with Gasteiger partial charge in [-0.2, -0.15) is 0 Å². The number of carbonyl (C=O) groups excluding carboxylic acids is 1. The molecule has 4 rings (SSSR count). The Labute approximate surface area is 157 Å². The lowest BCUT2D eigenvalue weighted by Gasteiger charge is -2.23. The lowest BCUT2D eigenvalue weighted by Crippen LogP contribution is -2.29. The molecular formula is C21H20N4O2. The summed E-state index contributed by atoms with van der Waals surface area (Å²) in [6.07, 6.45) is 1.51. The summed E-state index contributed by atoms with van der Waals surface area (Å²) in [5.41, 5.74) is 4.13. The average molecular weight is 360 g/mol. The first kappa shape index (κ1) is 17.0. The smallest absolute Gasteiger partial charge is 0.254 e. The summed E-state index contributed by atoms with van der Waals surface area (Å²) in [6.45, 7) is 3.88. The number of carbonyl (C=O) groups is 1. The third kappa shape index (κ3) is 2.99. The Morgan fingerprint density at radius 1 is 1.15 bits per heavy atom. The van der Waals surface area contributed by atoms with Crippen LogP contribution in [-0.4, -0.2) is 32.6 Å². The number of aryl methyl sites for hydroxylation is 1. The number of fused-ring (bicyclic) bond motifs is 1. The Kier molecular flexibility index (Phi) is 4.24. The number of aromatic nitrogens is 3. The summed E-state index contributed by atoms with van der Waals surface area (Å²) in [6, 6.07) is 17.3. The predicted molar refractivity (Wildman–Crippen MR) is 103 cm³/mol. The largest absolute Gasteiger partial charge is 0.364 e. The van der Waals surface area contributed by atoms with Crippen molar-refractivity contribution in [1.82, 2.24) is 19.6 Å². The van der Waals surface area contributed by atoms with E-state index in [0.29, 0.717) is 5.56 Å². The summed E-state index contributed by atoms with van der Waals surface area (Å²) < 4.78 is 6.97. The first-order chi connectivity index (χ1) is 13.1. The van der Waals surface area contributed by atoms with Crippen molar-refractivity contribution in [1.29, 1.82) is 0 Å². The molecule has 1 amide bonds. The number of hydrogen-bond donors (Lipinski definition) is 0. The first-order valence-corrected chi connectivity index (χ1v) is 8.78. The quantitative estimate of drug-likeness (QED) is 0.548. The highest BCUT2D eigenvalue weighted by atomic mass is 16.5. The van der Waals surface area contributed by atoms with Gasteiger partial charge in [0.1, 0.15) is 17.8 Å². The number of para-hydroxylation sites is 1. The van der Waals surface area contributed by atoms with E-state index in [1.165, 1.54) is 6.26 Å². The zero-order valence-corrected chi connectivity index (χ0v) is 15.5. The zero-order chi connectivity index (χ0) is 19.0. The fourth-order valence-electron chi connectivity index (χ4n) is 3.25. The summed E-state index contributed by atoms with van der Waals surface area (Å²) in [5.74, 6) is 0.796. The maximum atomic E-state index is 12.9. The van der Waals surface area contributed by atoms with Crippen LogP contribution in [0.1, 0.15) is 34.8 Å². The van der Waals surface area contributed by atoms with Crippen LogP contribution < -0.4 is 0 Å². The third-order valence-corrected chi connectivity index (χ3v) is 4.87. The fraction of sp³-hybridized carbons (Fsp3) is 0.190. The number of imidazole rings is 1. The molecule has 0 aliphatic heterocycles. The van der Waals surface area contributed by atoms with Crippen molar-refractivity contribution in [2.45, 2.75) is 19.9 Å². The van der Waals surface area contributed by atoms with E-state index < -0.39 is 0 Å². The van der Waals surface area contributed by atoms with E-state index in [0.717, 1.165) is 28.2 Å². The minimum atomic E-state index is -0.185. The summed E-state index contributed by atoms with van der Waals surface area (Å²) in [7, 11) is 1.76. The molecule has 4 aromatic rings. The second kappa shape index (κ2) is 6.72. The predicted octanol–water partition coefficient (Wildman–Crippen LogP) is 4.16. The summed E-state index contributed by atoms with van der Waals surface area (Å²) >= 11 is 0. The first-order valence-electron chi connectivity index (χ1n) is 8.78. The van der Waals surface area contributed by atoms with Gasteiger partial charge in [0.2, 0.25) is 0 Å². The molecule has 6 nitrogen and oxygen atoms in total. The lowest BCUT2D eigenvalue weighted by molar-refractivity contribution is 0.0737. The molecule has 0 aliphatic carbocycles. The van der Waals surface area contributed by atoms with Gasteiger partial charge >= 0.3 is 0 Å². The molecule has 0 saturated carbocycles. The van der Waals surface area contributed by atoms with E-state index in [2.05, 4.69) is 14.7 Å². The number of amides is 1. The molecule has 0 N–H and O–H groups in total. The van der Waals surface area contributed by atoms with E-state index in [1.54, 1.807) is 18.0 Å². The number of hydrogen-bond acceptors (Lipinski definition) is 4. The minimum Gasteiger partial charge on any atom is -0.364 e. The minimum absolute atomic E-state index is 0.0840. The Bertz CT molecular complexity index is 1080.